The number of nitrogens with one attached hydrogen (secondary N) is 1. The van der Waals surface area contributed by atoms with E-state index in [2.05, 4.69) is 62.2 Å². The lowest BCUT2D eigenvalue weighted by Gasteiger charge is -2.15. The van der Waals surface area contributed by atoms with Crippen molar-refractivity contribution in [3.05, 3.63) is 25.2 Å². The first kappa shape index (κ1) is 15.7. The number of nitrogens with zero attached hydrogens (tertiary/aromatic N) is 2. The van der Waals surface area contributed by atoms with Crippen LogP contribution in [-0.2, 0) is 0 Å². The van der Waals surface area contributed by atoms with Crippen LogP contribution in [0.4, 0.5) is 5.82 Å². The number of rotatable bonds is 4. The van der Waals surface area contributed by atoms with Crippen molar-refractivity contribution in [2.24, 2.45) is 0 Å². The highest BCUT2D eigenvalue weighted by molar-refractivity contribution is 14.1. The van der Waals surface area contributed by atoms with E-state index in [0.717, 1.165) is 27.5 Å². The van der Waals surface area contributed by atoms with Crippen LogP contribution in [0.3, 0.4) is 0 Å². The van der Waals surface area contributed by atoms with Crippen LogP contribution in [0.5, 0.6) is 0 Å². The zero-order valence-electron chi connectivity index (χ0n) is 11.8. The highest BCUT2D eigenvalue weighted by Crippen LogP contribution is 2.38. The molecular formula is C15H17BrIN3S. The van der Waals surface area contributed by atoms with Crippen LogP contribution in [0.25, 0.3) is 10.7 Å². The van der Waals surface area contributed by atoms with Crippen LogP contribution in [0.1, 0.15) is 44.2 Å². The van der Waals surface area contributed by atoms with Gasteiger partial charge < -0.3 is 5.32 Å². The molecule has 21 heavy (non-hydrogen) atoms. The van der Waals surface area contributed by atoms with Crippen LogP contribution in [0.15, 0.2) is 15.9 Å². The third-order valence-corrected chi connectivity index (χ3v) is 6.50. The summed E-state index contributed by atoms with van der Waals surface area (Å²) in [5, 5.41) is 5.47. The largest absolute Gasteiger partial charge is 0.369 e. The van der Waals surface area contributed by atoms with Crippen LogP contribution in [0, 0.1) is 3.57 Å². The van der Waals surface area contributed by atoms with E-state index in [1.807, 2.05) is 0 Å². The van der Waals surface area contributed by atoms with Gasteiger partial charge in [0.05, 0.1) is 14.1 Å². The van der Waals surface area contributed by atoms with Crippen molar-refractivity contribution < 1.29 is 0 Å². The number of hydrogen-bond acceptors (Lipinski definition) is 4. The van der Waals surface area contributed by atoms with Crippen molar-refractivity contribution in [1.82, 2.24) is 9.97 Å². The molecule has 0 saturated heterocycles. The molecule has 112 valence electrons. The van der Waals surface area contributed by atoms with Crippen LogP contribution >= 0.6 is 49.9 Å². The van der Waals surface area contributed by atoms with Crippen LogP contribution in [-0.4, -0.2) is 16.5 Å². The maximum Gasteiger partial charge on any atom is 0.171 e. The van der Waals surface area contributed by atoms with Gasteiger partial charge in [0.1, 0.15) is 5.82 Å². The molecule has 2 heterocycles. The Morgan fingerprint density at radius 1 is 1.38 bits per heavy atom. The van der Waals surface area contributed by atoms with Gasteiger partial charge in [0.15, 0.2) is 5.82 Å². The lowest BCUT2D eigenvalue weighted by atomic mass is 10.0. The normalized spacial score (nSPS) is 15.6. The summed E-state index contributed by atoms with van der Waals surface area (Å²) in [5.74, 6) is 2.43. The molecule has 0 aliphatic heterocycles. The van der Waals surface area contributed by atoms with E-state index in [4.69, 9.17) is 9.97 Å². The molecule has 1 aliphatic rings. The van der Waals surface area contributed by atoms with Gasteiger partial charge in [0, 0.05) is 22.3 Å². The van der Waals surface area contributed by atoms with Gasteiger partial charge in [-0.1, -0.05) is 12.8 Å². The Kier molecular flexibility index (Phi) is 5.16. The number of halogens is 2. The van der Waals surface area contributed by atoms with Crippen molar-refractivity contribution >= 4 is 55.7 Å². The second kappa shape index (κ2) is 6.91. The molecule has 0 amide bonds. The van der Waals surface area contributed by atoms with Gasteiger partial charge in [-0.15, -0.1) is 11.3 Å². The molecule has 0 bridgehead atoms. The molecule has 3 nitrogen and oxygen atoms in total. The fourth-order valence-electron chi connectivity index (χ4n) is 2.76. The Morgan fingerprint density at radius 2 is 2.14 bits per heavy atom. The van der Waals surface area contributed by atoms with Crippen molar-refractivity contribution in [1.29, 1.82) is 0 Å². The fraction of sp³-hybridized carbons (Fsp3) is 0.467. The lowest BCUT2D eigenvalue weighted by Crippen LogP contribution is -2.09. The molecule has 3 rings (SSSR count). The van der Waals surface area contributed by atoms with Crippen LogP contribution in [0.2, 0.25) is 0 Å². The average molecular weight is 478 g/mol. The lowest BCUT2D eigenvalue weighted by molar-refractivity contribution is 0.691. The first-order valence-corrected chi connectivity index (χ1v) is 10.00. The predicted molar refractivity (Wildman–Crippen MR) is 101 cm³/mol. The van der Waals surface area contributed by atoms with Crippen molar-refractivity contribution in [3.8, 4) is 10.7 Å². The van der Waals surface area contributed by atoms with Gasteiger partial charge in [0.2, 0.25) is 0 Å². The third-order valence-electron chi connectivity index (χ3n) is 3.75. The zero-order chi connectivity index (χ0) is 14.8. The van der Waals surface area contributed by atoms with E-state index in [-0.39, 0.29) is 0 Å². The molecule has 6 heteroatoms. The van der Waals surface area contributed by atoms with Crippen molar-refractivity contribution in [2.45, 2.75) is 38.5 Å². The number of aromatic nitrogens is 2. The quantitative estimate of drug-likeness (QED) is 0.577. The van der Waals surface area contributed by atoms with Gasteiger partial charge in [-0.25, -0.2) is 9.97 Å². The molecule has 0 spiro atoms. The van der Waals surface area contributed by atoms with E-state index in [1.165, 1.54) is 34.9 Å². The molecule has 0 atom stereocenters. The second-order valence-corrected chi connectivity index (χ2v) is 8.14. The Hall–Kier alpha value is -0.210. The topological polar surface area (TPSA) is 37.8 Å². The highest BCUT2D eigenvalue weighted by atomic mass is 127. The summed E-state index contributed by atoms with van der Waals surface area (Å²) in [6, 6.07) is 2.10. The first-order valence-electron chi connectivity index (χ1n) is 7.24. The smallest absolute Gasteiger partial charge is 0.171 e. The fourth-order valence-corrected chi connectivity index (χ4v) is 4.99. The monoisotopic (exact) mass is 477 g/mol. The van der Waals surface area contributed by atoms with E-state index < -0.39 is 0 Å². The molecule has 1 fully saturated rings. The Morgan fingerprint density at radius 3 is 2.76 bits per heavy atom. The minimum absolute atomic E-state index is 0.597. The highest BCUT2D eigenvalue weighted by Gasteiger charge is 2.24. The molecule has 0 unspecified atom stereocenters. The molecule has 2 aromatic rings. The first-order chi connectivity index (χ1) is 10.2. The van der Waals surface area contributed by atoms with Gasteiger partial charge in [0.25, 0.3) is 0 Å². The van der Waals surface area contributed by atoms with E-state index >= 15 is 0 Å². The van der Waals surface area contributed by atoms with Gasteiger partial charge >= 0.3 is 0 Å². The molecule has 1 N–H and O–H groups in total. The molecule has 0 radical (unpaired) electrons. The molecule has 0 aromatic carbocycles. The Balaban J connectivity index is 2.07. The Labute approximate surface area is 151 Å². The summed E-state index contributed by atoms with van der Waals surface area (Å²) >= 11 is 7.60. The molecular weight excluding hydrogens is 461 g/mol. The SMILES string of the molecule is CCNc1nc(-c2cc(Br)cs2)nc(C2CCCC2)c1I. The third kappa shape index (κ3) is 3.42. The second-order valence-electron chi connectivity index (χ2n) is 5.24. The van der Waals surface area contributed by atoms with Crippen molar-refractivity contribution in [2.75, 3.05) is 11.9 Å². The maximum atomic E-state index is 4.91. The summed E-state index contributed by atoms with van der Waals surface area (Å²) in [6.45, 7) is 2.99. The average Bonchev–Trinajstić information content (AvgIpc) is 3.12. The minimum Gasteiger partial charge on any atom is -0.369 e. The van der Waals surface area contributed by atoms with Gasteiger partial charge in [-0.3, -0.25) is 0 Å². The summed E-state index contributed by atoms with van der Waals surface area (Å²) in [4.78, 5) is 10.8. The van der Waals surface area contributed by atoms with Crippen molar-refractivity contribution in [3.63, 3.8) is 0 Å². The predicted octanol–water partition coefficient (Wildman–Crippen LogP) is 5.66. The molecule has 1 saturated carbocycles. The summed E-state index contributed by atoms with van der Waals surface area (Å²) < 4.78 is 2.29. The summed E-state index contributed by atoms with van der Waals surface area (Å²) in [6.07, 6.45) is 5.15. The molecule has 1 aliphatic carbocycles. The number of thiophene rings is 1. The van der Waals surface area contributed by atoms with Crippen LogP contribution < -0.4 is 5.32 Å². The number of hydrogen-bond donors (Lipinski definition) is 1. The maximum absolute atomic E-state index is 4.91. The summed E-state index contributed by atoms with van der Waals surface area (Å²) in [7, 11) is 0. The van der Waals surface area contributed by atoms with Gasteiger partial charge in [-0.2, -0.15) is 0 Å². The Bertz CT molecular complexity index is 638. The van der Waals surface area contributed by atoms with E-state index in [1.54, 1.807) is 11.3 Å². The molecule has 2 aromatic heterocycles. The van der Waals surface area contributed by atoms with E-state index in [0.29, 0.717) is 5.92 Å². The number of anilines is 1. The van der Waals surface area contributed by atoms with E-state index in [9.17, 15) is 0 Å². The summed E-state index contributed by atoms with van der Waals surface area (Å²) in [5.41, 5.74) is 1.23. The minimum atomic E-state index is 0.597. The zero-order valence-corrected chi connectivity index (χ0v) is 16.4. The van der Waals surface area contributed by atoms with Gasteiger partial charge in [-0.05, 0) is 64.4 Å². The standard InChI is InChI=1S/C15H17BrIN3S/c1-2-18-15-12(17)13(9-5-3-4-6-9)19-14(20-15)11-7-10(16)8-21-11/h7-9H,2-6H2,1H3,(H,18,19,20).